The summed E-state index contributed by atoms with van der Waals surface area (Å²) in [6.07, 6.45) is -2.00. The maximum absolute atomic E-state index is 12.7. The second-order valence-electron chi connectivity index (χ2n) is 7.83. The largest absolute Gasteiger partial charge is 0.415 e. The number of rotatable bonds is 5. The Morgan fingerprint density at radius 1 is 1.03 bits per heavy atom. The minimum Gasteiger partial charge on any atom is -0.415 e. The van der Waals surface area contributed by atoms with Gasteiger partial charge < -0.3 is 9.32 Å². The van der Waals surface area contributed by atoms with E-state index in [1.807, 2.05) is 37.3 Å². The third kappa shape index (κ3) is 3.86. The zero-order valence-corrected chi connectivity index (χ0v) is 17.8. The maximum Gasteiger partial charge on any atom is 0.314 e. The Morgan fingerprint density at radius 2 is 1.79 bits per heavy atom. The fourth-order valence-electron chi connectivity index (χ4n) is 3.71. The van der Waals surface area contributed by atoms with Gasteiger partial charge in [-0.2, -0.15) is 13.6 Å². The van der Waals surface area contributed by atoms with E-state index in [0.717, 1.165) is 23.1 Å². The van der Waals surface area contributed by atoms with E-state index in [4.69, 9.17) is 4.42 Å². The lowest BCUT2D eigenvalue weighted by molar-refractivity contribution is 0.0781. The van der Waals surface area contributed by atoms with E-state index >= 15 is 0 Å². The number of carbonyl (C=O) groups is 1. The number of halogens is 2. The van der Waals surface area contributed by atoms with Gasteiger partial charge in [0.05, 0.1) is 6.04 Å². The minimum atomic E-state index is -2.81. The Balaban J connectivity index is 1.36. The van der Waals surface area contributed by atoms with Crippen LogP contribution in [0.5, 0.6) is 0 Å². The monoisotopic (exact) mass is 451 g/mol. The number of likely N-dealkylation sites (N-methyl/N-ethyl adjacent to an activating group) is 1. The number of aromatic nitrogens is 6. The fourth-order valence-corrected chi connectivity index (χ4v) is 3.71. The topological polar surface area (TPSA) is 103 Å². The van der Waals surface area contributed by atoms with Crippen molar-refractivity contribution >= 4 is 5.91 Å². The van der Waals surface area contributed by atoms with Gasteiger partial charge in [0.25, 0.3) is 11.8 Å². The lowest BCUT2D eigenvalue weighted by Gasteiger charge is -2.24. The number of alkyl halides is 2. The third-order valence-corrected chi connectivity index (χ3v) is 5.70. The molecule has 0 radical (unpaired) electrons. The van der Waals surface area contributed by atoms with E-state index in [1.165, 1.54) is 4.80 Å². The third-order valence-electron chi connectivity index (χ3n) is 5.70. The number of benzene rings is 2. The average Bonchev–Trinajstić information content (AvgIpc) is 3.52. The van der Waals surface area contributed by atoms with Gasteiger partial charge in [0.15, 0.2) is 0 Å². The Labute approximate surface area is 187 Å². The van der Waals surface area contributed by atoms with Crippen LogP contribution < -0.4 is 0 Å². The van der Waals surface area contributed by atoms with Gasteiger partial charge in [-0.1, -0.05) is 24.3 Å². The Morgan fingerprint density at radius 3 is 2.52 bits per heavy atom. The van der Waals surface area contributed by atoms with Gasteiger partial charge >= 0.3 is 6.43 Å². The number of hydrogen-bond donors (Lipinski definition) is 0. The van der Waals surface area contributed by atoms with Crippen molar-refractivity contribution in [1.82, 2.24) is 35.3 Å². The maximum atomic E-state index is 12.7. The van der Waals surface area contributed by atoms with Crippen LogP contribution in [0, 0.1) is 0 Å². The van der Waals surface area contributed by atoms with E-state index in [0.29, 0.717) is 23.5 Å². The first-order valence-electron chi connectivity index (χ1n) is 10.3. The highest BCUT2D eigenvalue weighted by Crippen LogP contribution is 2.27. The first-order chi connectivity index (χ1) is 15.9. The molecular weight excluding hydrogens is 432 g/mol. The highest BCUT2D eigenvalue weighted by molar-refractivity contribution is 5.97. The van der Waals surface area contributed by atoms with Crippen molar-refractivity contribution in [2.45, 2.75) is 25.8 Å². The predicted molar refractivity (Wildman–Crippen MR) is 112 cm³/mol. The number of hydrogen-bond acceptors (Lipinski definition) is 7. The Bertz CT molecular complexity index is 1320. The molecule has 11 heteroatoms. The molecule has 0 bridgehead atoms. The molecule has 1 aliphatic rings. The second-order valence-corrected chi connectivity index (χ2v) is 7.83. The molecule has 0 N–H and O–H groups in total. The van der Waals surface area contributed by atoms with Crippen molar-refractivity contribution in [3.05, 3.63) is 65.0 Å². The van der Waals surface area contributed by atoms with Crippen LogP contribution in [0.25, 0.3) is 22.8 Å². The molecule has 0 spiro atoms. The van der Waals surface area contributed by atoms with E-state index < -0.39 is 12.3 Å². The summed E-state index contributed by atoms with van der Waals surface area (Å²) in [6.45, 7) is 2.61. The molecule has 9 nitrogen and oxygen atoms in total. The van der Waals surface area contributed by atoms with E-state index in [1.54, 1.807) is 24.1 Å². The number of amides is 1. The van der Waals surface area contributed by atoms with Crippen LogP contribution in [0.2, 0.25) is 0 Å². The normalized spacial score (nSPS) is 14.6. The van der Waals surface area contributed by atoms with Crippen LogP contribution in [0.15, 0.2) is 46.9 Å². The van der Waals surface area contributed by atoms with Crippen molar-refractivity contribution in [2.24, 2.45) is 0 Å². The van der Waals surface area contributed by atoms with Crippen LogP contribution in [0.4, 0.5) is 8.78 Å². The molecule has 0 saturated carbocycles. The molecular formula is C22H19F2N7O2. The van der Waals surface area contributed by atoms with Crippen LogP contribution in [-0.2, 0) is 6.42 Å². The summed E-state index contributed by atoms with van der Waals surface area (Å²) in [6, 6.07) is 12.4. The van der Waals surface area contributed by atoms with Gasteiger partial charge in [0.2, 0.25) is 11.7 Å². The highest BCUT2D eigenvalue weighted by Gasteiger charge is 2.23. The molecule has 4 aromatic rings. The first-order valence-corrected chi connectivity index (χ1v) is 10.3. The summed E-state index contributed by atoms with van der Waals surface area (Å²) in [5.41, 5.74) is 3.80. The quantitative estimate of drug-likeness (QED) is 0.457. The van der Waals surface area contributed by atoms with Gasteiger partial charge in [0, 0.05) is 30.3 Å². The average molecular weight is 451 g/mol. The molecule has 168 valence electrons. The lowest BCUT2D eigenvalue weighted by atomic mass is 9.97. The van der Waals surface area contributed by atoms with Gasteiger partial charge in [-0.25, -0.2) is 0 Å². The molecule has 5 rings (SSSR count). The molecule has 0 saturated heterocycles. The standard InChI is InChI=1S/C22H19F2N7O2/c1-12(13-3-6-15(7-4-13)20-26-27-21(33-20)18(23)24)31-28-19(25-29-31)16-8-5-14-9-10-30(2)22(32)17(14)11-16/h3-8,11-12,18H,9-10H2,1-2H3. The molecule has 1 atom stereocenters. The Kier molecular flexibility index (Phi) is 5.15. The van der Waals surface area contributed by atoms with Crippen LogP contribution in [-0.4, -0.2) is 54.8 Å². The summed E-state index contributed by atoms with van der Waals surface area (Å²) in [5.74, 6) is -0.274. The number of carbonyl (C=O) groups excluding carboxylic acids is 1. The number of fused-ring (bicyclic) bond motifs is 1. The number of nitrogens with zero attached hydrogens (tertiary/aromatic N) is 7. The summed E-state index contributed by atoms with van der Waals surface area (Å²) in [4.78, 5) is 15.7. The molecule has 0 fully saturated rings. The molecule has 2 aromatic carbocycles. The van der Waals surface area contributed by atoms with Crippen molar-refractivity contribution in [1.29, 1.82) is 0 Å². The van der Waals surface area contributed by atoms with E-state index in [9.17, 15) is 13.6 Å². The summed E-state index contributed by atoms with van der Waals surface area (Å²) < 4.78 is 30.3. The number of tetrazole rings is 1. The van der Waals surface area contributed by atoms with Gasteiger partial charge in [0.1, 0.15) is 0 Å². The van der Waals surface area contributed by atoms with Crippen molar-refractivity contribution in [3.8, 4) is 22.8 Å². The van der Waals surface area contributed by atoms with Gasteiger partial charge in [-0.3, -0.25) is 4.79 Å². The molecule has 0 aliphatic carbocycles. The van der Waals surface area contributed by atoms with Gasteiger partial charge in [-0.15, -0.1) is 20.4 Å². The van der Waals surface area contributed by atoms with Crippen LogP contribution >= 0.6 is 0 Å². The fraction of sp³-hybridized carbons (Fsp3) is 0.273. The van der Waals surface area contributed by atoms with E-state index in [-0.39, 0.29) is 17.8 Å². The van der Waals surface area contributed by atoms with Crippen molar-refractivity contribution in [2.75, 3.05) is 13.6 Å². The van der Waals surface area contributed by atoms with E-state index in [2.05, 4.69) is 25.6 Å². The molecule has 1 unspecified atom stereocenters. The van der Waals surface area contributed by atoms with Gasteiger partial charge in [-0.05, 0) is 47.9 Å². The van der Waals surface area contributed by atoms with Crippen molar-refractivity contribution in [3.63, 3.8) is 0 Å². The van der Waals surface area contributed by atoms with Crippen LogP contribution in [0.1, 0.15) is 46.8 Å². The SMILES string of the molecule is CC(c1ccc(-c2nnc(C(F)F)o2)cc1)n1nnc(-c2ccc3c(c2)C(=O)N(C)CC3)n1. The zero-order valence-electron chi connectivity index (χ0n) is 17.8. The van der Waals surface area contributed by atoms with Crippen molar-refractivity contribution < 1.29 is 18.0 Å². The molecule has 2 aromatic heterocycles. The molecule has 1 amide bonds. The molecule has 3 heterocycles. The smallest absolute Gasteiger partial charge is 0.314 e. The second kappa shape index (κ2) is 8.15. The zero-order chi connectivity index (χ0) is 23.1. The predicted octanol–water partition coefficient (Wildman–Crippen LogP) is 3.57. The lowest BCUT2D eigenvalue weighted by Crippen LogP contribution is -2.34. The highest BCUT2D eigenvalue weighted by atomic mass is 19.3. The summed E-state index contributed by atoms with van der Waals surface area (Å²) in [7, 11) is 1.79. The van der Waals surface area contributed by atoms with Crippen LogP contribution in [0.3, 0.4) is 0 Å². The molecule has 33 heavy (non-hydrogen) atoms. The Hall–Kier alpha value is -4.02. The first kappa shape index (κ1) is 20.9. The summed E-state index contributed by atoms with van der Waals surface area (Å²) in [5, 5.41) is 19.8. The minimum absolute atomic E-state index is 0.0131. The molecule has 1 aliphatic heterocycles. The summed E-state index contributed by atoms with van der Waals surface area (Å²) >= 11 is 0.